The van der Waals surface area contributed by atoms with Crippen molar-refractivity contribution >= 4 is 23.0 Å². The molecule has 1 fully saturated rings. The van der Waals surface area contributed by atoms with Crippen LogP contribution in [0.4, 0.5) is 5.69 Å². The zero-order valence-electron chi connectivity index (χ0n) is 17.0. The van der Waals surface area contributed by atoms with E-state index >= 15 is 0 Å². The number of thiocarbonyl (C=S) groups is 1. The number of fused-ring (bicyclic) bond motifs is 1. The largest absolute Gasteiger partial charge is 0.454 e. The number of benzene rings is 1. The van der Waals surface area contributed by atoms with Crippen molar-refractivity contribution in [2.45, 2.75) is 12.1 Å². The quantitative estimate of drug-likeness (QED) is 0.477. The number of ether oxygens (including phenoxy) is 2. The second kappa shape index (κ2) is 7.65. The van der Waals surface area contributed by atoms with Crippen molar-refractivity contribution in [1.82, 2.24) is 19.9 Å². The molecule has 1 saturated heterocycles. The molecule has 0 amide bonds. The normalized spacial score (nSPS) is 19.2. The summed E-state index contributed by atoms with van der Waals surface area (Å²) in [6, 6.07) is 19.7. The van der Waals surface area contributed by atoms with E-state index in [1.165, 1.54) is 0 Å². The Balaban J connectivity index is 1.50. The molecule has 0 radical (unpaired) electrons. The fourth-order valence-corrected chi connectivity index (χ4v) is 4.69. The lowest BCUT2D eigenvalue weighted by Gasteiger charge is -2.29. The summed E-state index contributed by atoms with van der Waals surface area (Å²) in [5, 5.41) is 4.13. The molecule has 8 heteroatoms. The van der Waals surface area contributed by atoms with E-state index in [2.05, 4.69) is 37.0 Å². The molecule has 7 nitrogen and oxygen atoms in total. The third-order valence-electron chi connectivity index (χ3n) is 5.76. The summed E-state index contributed by atoms with van der Waals surface area (Å²) < 4.78 is 13.3. The Kier molecular flexibility index (Phi) is 4.50. The number of hydrogen-bond acceptors (Lipinski definition) is 5. The van der Waals surface area contributed by atoms with Crippen molar-refractivity contribution in [2.24, 2.45) is 0 Å². The van der Waals surface area contributed by atoms with Gasteiger partial charge in [-0.15, -0.1) is 0 Å². The molecule has 3 aromatic heterocycles. The zero-order chi connectivity index (χ0) is 21.5. The minimum Gasteiger partial charge on any atom is -0.454 e. The Morgan fingerprint density at radius 3 is 2.62 bits per heavy atom. The van der Waals surface area contributed by atoms with Crippen molar-refractivity contribution in [2.75, 3.05) is 11.7 Å². The van der Waals surface area contributed by atoms with E-state index in [4.69, 9.17) is 21.7 Å². The van der Waals surface area contributed by atoms with Crippen LogP contribution in [-0.4, -0.2) is 26.4 Å². The smallest absolute Gasteiger partial charge is 0.231 e. The SMILES string of the molecule is S=C1N[C@@H](c2ccccn2)[C@H](c2cccn2-c2ccncc2)N1c1ccc2c(c1)OCO2. The molecule has 1 aromatic carbocycles. The maximum absolute atomic E-state index is 5.83. The highest BCUT2D eigenvalue weighted by Crippen LogP contribution is 2.44. The van der Waals surface area contributed by atoms with Gasteiger partial charge in [-0.1, -0.05) is 6.07 Å². The molecular formula is C24H19N5O2S. The van der Waals surface area contributed by atoms with Crippen molar-refractivity contribution in [3.63, 3.8) is 0 Å². The first kappa shape index (κ1) is 18.8. The molecule has 0 spiro atoms. The topological polar surface area (TPSA) is 64.4 Å². The average Bonchev–Trinajstić information content (AvgIpc) is 3.57. The second-order valence-corrected chi connectivity index (χ2v) is 7.93. The van der Waals surface area contributed by atoms with Gasteiger partial charge in [-0.25, -0.2) is 0 Å². The molecule has 4 aromatic rings. The lowest BCUT2D eigenvalue weighted by atomic mass is 10.0. The fraction of sp³-hybridized carbons (Fsp3) is 0.125. The lowest BCUT2D eigenvalue weighted by Crippen LogP contribution is -2.30. The Morgan fingerprint density at radius 2 is 1.78 bits per heavy atom. The summed E-state index contributed by atoms with van der Waals surface area (Å²) in [6.07, 6.45) is 7.45. The number of aromatic nitrogens is 3. The molecule has 0 unspecified atom stereocenters. The van der Waals surface area contributed by atoms with E-state index in [1.54, 1.807) is 12.4 Å². The zero-order valence-corrected chi connectivity index (χ0v) is 17.8. The molecule has 32 heavy (non-hydrogen) atoms. The first-order valence-corrected chi connectivity index (χ1v) is 10.7. The minimum atomic E-state index is -0.138. The van der Waals surface area contributed by atoms with Crippen LogP contribution in [0.3, 0.4) is 0 Å². The van der Waals surface area contributed by atoms with Crippen LogP contribution < -0.4 is 19.7 Å². The maximum atomic E-state index is 5.83. The third kappa shape index (κ3) is 3.07. The van der Waals surface area contributed by atoms with Crippen LogP contribution in [-0.2, 0) is 0 Å². The Bertz CT molecular complexity index is 1280. The highest BCUT2D eigenvalue weighted by Gasteiger charge is 2.42. The summed E-state index contributed by atoms with van der Waals surface area (Å²) in [7, 11) is 0. The van der Waals surface area contributed by atoms with Crippen LogP contribution >= 0.6 is 12.2 Å². The Hall–Kier alpha value is -3.91. The van der Waals surface area contributed by atoms with E-state index < -0.39 is 0 Å². The molecular weight excluding hydrogens is 422 g/mol. The lowest BCUT2D eigenvalue weighted by molar-refractivity contribution is 0.174. The molecule has 0 aliphatic carbocycles. The van der Waals surface area contributed by atoms with E-state index in [1.807, 2.05) is 60.8 Å². The number of hydrogen-bond donors (Lipinski definition) is 1. The molecule has 0 saturated carbocycles. The monoisotopic (exact) mass is 441 g/mol. The highest BCUT2D eigenvalue weighted by molar-refractivity contribution is 7.80. The van der Waals surface area contributed by atoms with E-state index in [9.17, 15) is 0 Å². The van der Waals surface area contributed by atoms with Gasteiger partial charge in [0.05, 0.1) is 11.7 Å². The maximum Gasteiger partial charge on any atom is 0.231 e. The van der Waals surface area contributed by atoms with Gasteiger partial charge in [0.2, 0.25) is 6.79 Å². The average molecular weight is 442 g/mol. The molecule has 158 valence electrons. The van der Waals surface area contributed by atoms with Gasteiger partial charge in [0, 0.05) is 47.9 Å². The predicted octanol–water partition coefficient (Wildman–Crippen LogP) is 4.17. The van der Waals surface area contributed by atoms with Crippen LogP contribution in [0.5, 0.6) is 11.5 Å². The molecule has 2 aliphatic heterocycles. The van der Waals surface area contributed by atoms with Crippen LogP contribution in [0.25, 0.3) is 5.69 Å². The van der Waals surface area contributed by atoms with Crippen LogP contribution in [0, 0.1) is 0 Å². The van der Waals surface area contributed by atoms with E-state index in [-0.39, 0.29) is 18.9 Å². The van der Waals surface area contributed by atoms with Crippen LogP contribution in [0.1, 0.15) is 23.5 Å². The van der Waals surface area contributed by atoms with Gasteiger partial charge in [-0.3, -0.25) is 9.97 Å². The first-order chi connectivity index (χ1) is 15.8. The van der Waals surface area contributed by atoms with Gasteiger partial charge in [0.25, 0.3) is 0 Å². The molecule has 2 atom stereocenters. The van der Waals surface area contributed by atoms with E-state index in [0.717, 1.165) is 34.3 Å². The van der Waals surface area contributed by atoms with Gasteiger partial charge in [0.1, 0.15) is 6.04 Å². The third-order valence-corrected chi connectivity index (χ3v) is 6.07. The summed E-state index contributed by atoms with van der Waals surface area (Å²) in [4.78, 5) is 10.9. The van der Waals surface area contributed by atoms with Crippen molar-refractivity contribution in [3.8, 4) is 17.2 Å². The summed E-state index contributed by atoms with van der Waals surface area (Å²) in [5.41, 5.74) is 3.96. The van der Waals surface area contributed by atoms with Crippen molar-refractivity contribution in [1.29, 1.82) is 0 Å². The van der Waals surface area contributed by atoms with E-state index in [0.29, 0.717) is 5.11 Å². The van der Waals surface area contributed by atoms with Gasteiger partial charge in [0.15, 0.2) is 16.6 Å². The van der Waals surface area contributed by atoms with Crippen molar-refractivity contribution < 1.29 is 9.47 Å². The summed E-state index contributed by atoms with van der Waals surface area (Å²) in [6.45, 7) is 0.229. The number of nitrogens with zero attached hydrogens (tertiary/aromatic N) is 4. The van der Waals surface area contributed by atoms with Gasteiger partial charge in [-0.2, -0.15) is 0 Å². The summed E-state index contributed by atoms with van der Waals surface area (Å²) in [5.74, 6) is 1.46. The molecule has 0 bridgehead atoms. The molecule has 1 N–H and O–H groups in total. The number of rotatable bonds is 4. The fourth-order valence-electron chi connectivity index (χ4n) is 4.34. The summed E-state index contributed by atoms with van der Waals surface area (Å²) >= 11 is 5.83. The highest BCUT2D eigenvalue weighted by atomic mass is 32.1. The number of anilines is 1. The first-order valence-electron chi connectivity index (χ1n) is 10.3. The van der Waals surface area contributed by atoms with Crippen LogP contribution in [0.15, 0.2) is 85.5 Å². The van der Waals surface area contributed by atoms with Crippen LogP contribution in [0.2, 0.25) is 0 Å². The second-order valence-electron chi connectivity index (χ2n) is 7.54. The molecule has 2 aliphatic rings. The standard InChI is InChI=1S/C24H19N5O2S/c32-24-27-22(18-4-1-2-10-26-18)23(19-5-3-13-28(19)16-8-11-25-12-9-16)29(24)17-6-7-20-21(14-17)31-15-30-20/h1-14,22-23H,15H2,(H,27,32)/t22-,23-/m0/s1. The molecule has 6 rings (SSSR count). The van der Waals surface area contributed by atoms with Gasteiger partial charge in [-0.05, 0) is 60.7 Å². The van der Waals surface area contributed by atoms with Crippen molar-refractivity contribution in [3.05, 3.63) is 96.8 Å². The number of nitrogens with one attached hydrogen (secondary N) is 1. The Labute approximate surface area is 190 Å². The predicted molar refractivity (Wildman–Crippen MR) is 124 cm³/mol. The number of pyridine rings is 2. The minimum absolute atomic E-state index is 0.135. The van der Waals surface area contributed by atoms with Gasteiger partial charge >= 0.3 is 0 Å². The molecule has 5 heterocycles. The Morgan fingerprint density at radius 1 is 0.906 bits per heavy atom. The van der Waals surface area contributed by atoms with Gasteiger partial charge < -0.3 is 24.3 Å².